The third kappa shape index (κ3) is 6.12. The van der Waals surface area contributed by atoms with Crippen LogP contribution in [0.5, 0.6) is 0 Å². The monoisotopic (exact) mass is 536 g/mol. The minimum absolute atomic E-state index is 0.0161. The van der Waals surface area contributed by atoms with Gasteiger partial charge in [0.2, 0.25) is 15.9 Å². The SMILES string of the molecule is Cc1nn(-c2ccc(S(N)(=O)=O)cc2)c(C)c1CCC(=O)Nc1ccccc1C(=O)NCc1cn(C)nn1. The largest absolute Gasteiger partial charge is 0.346 e. The van der Waals surface area contributed by atoms with Crippen molar-refractivity contribution in [2.75, 3.05) is 5.32 Å². The fourth-order valence-corrected chi connectivity index (χ4v) is 4.56. The van der Waals surface area contributed by atoms with E-state index in [0.717, 1.165) is 17.0 Å². The number of benzene rings is 2. The summed E-state index contributed by atoms with van der Waals surface area (Å²) in [7, 11) is -2.05. The van der Waals surface area contributed by atoms with E-state index in [1.165, 1.54) is 12.1 Å². The molecule has 4 rings (SSSR count). The highest BCUT2D eigenvalue weighted by atomic mass is 32.2. The first-order valence-corrected chi connectivity index (χ1v) is 13.3. The molecule has 198 valence electrons. The lowest BCUT2D eigenvalue weighted by atomic mass is 10.1. The van der Waals surface area contributed by atoms with Gasteiger partial charge in [-0.3, -0.25) is 14.3 Å². The first kappa shape index (κ1) is 26.7. The van der Waals surface area contributed by atoms with Gasteiger partial charge in [0.15, 0.2) is 0 Å². The fourth-order valence-electron chi connectivity index (χ4n) is 4.05. The zero-order chi connectivity index (χ0) is 27.4. The summed E-state index contributed by atoms with van der Waals surface area (Å²) in [6.45, 7) is 3.95. The zero-order valence-corrected chi connectivity index (χ0v) is 22.0. The third-order valence-electron chi connectivity index (χ3n) is 5.98. The maximum Gasteiger partial charge on any atom is 0.253 e. The van der Waals surface area contributed by atoms with Crippen LogP contribution in [-0.2, 0) is 34.8 Å². The molecule has 0 atom stereocenters. The van der Waals surface area contributed by atoms with Crippen molar-refractivity contribution >= 4 is 27.5 Å². The smallest absolute Gasteiger partial charge is 0.253 e. The standard InChI is InChI=1S/C25H28N8O4S/c1-16-21(17(2)33(30-16)19-8-10-20(11-9-19)38(26,36)37)12-13-24(34)28-23-7-5-4-6-22(23)25(35)27-14-18-15-32(3)31-29-18/h4-11,15H,12-14H2,1-3H3,(H,27,35)(H,28,34)(H2,26,36,37). The molecular weight excluding hydrogens is 508 g/mol. The van der Waals surface area contributed by atoms with Crippen LogP contribution < -0.4 is 15.8 Å². The lowest BCUT2D eigenvalue weighted by Crippen LogP contribution is -2.25. The number of nitrogens with zero attached hydrogens (tertiary/aromatic N) is 5. The van der Waals surface area contributed by atoms with Crippen LogP contribution >= 0.6 is 0 Å². The van der Waals surface area contributed by atoms with Crippen molar-refractivity contribution < 1.29 is 18.0 Å². The molecule has 0 saturated heterocycles. The average molecular weight is 537 g/mol. The van der Waals surface area contributed by atoms with Crippen molar-refractivity contribution in [2.24, 2.45) is 12.2 Å². The third-order valence-corrected chi connectivity index (χ3v) is 6.91. The van der Waals surface area contributed by atoms with E-state index < -0.39 is 10.0 Å². The Morgan fingerprint density at radius 2 is 1.76 bits per heavy atom. The molecule has 0 radical (unpaired) electrons. The molecule has 0 fully saturated rings. The summed E-state index contributed by atoms with van der Waals surface area (Å²) in [6, 6.07) is 12.9. The summed E-state index contributed by atoms with van der Waals surface area (Å²) >= 11 is 0. The van der Waals surface area contributed by atoms with Crippen LogP contribution in [0.2, 0.25) is 0 Å². The van der Waals surface area contributed by atoms with Crippen molar-refractivity contribution in [1.29, 1.82) is 0 Å². The molecule has 2 aromatic heterocycles. The summed E-state index contributed by atoms with van der Waals surface area (Å²) in [5.41, 5.74) is 4.55. The number of nitrogens with two attached hydrogens (primary N) is 1. The molecule has 0 saturated carbocycles. The van der Waals surface area contributed by atoms with Gasteiger partial charge >= 0.3 is 0 Å². The second-order valence-corrected chi connectivity index (χ2v) is 10.3. The highest BCUT2D eigenvalue weighted by Crippen LogP contribution is 2.21. The Balaban J connectivity index is 1.41. The predicted octanol–water partition coefficient (Wildman–Crippen LogP) is 1.77. The molecule has 4 aromatic rings. The Morgan fingerprint density at radius 3 is 2.42 bits per heavy atom. The number of hydrogen-bond donors (Lipinski definition) is 3. The molecule has 0 aliphatic carbocycles. The van der Waals surface area contributed by atoms with E-state index in [-0.39, 0.29) is 29.7 Å². The van der Waals surface area contributed by atoms with Crippen LogP contribution in [0.4, 0.5) is 5.69 Å². The lowest BCUT2D eigenvalue weighted by Gasteiger charge is -2.11. The molecule has 38 heavy (non-hydrogen) atoms. The van der Waals surface area contributed by atoms with Gasteiger partial charge in [-0.15, -0.1) is 5.10 Å². The Hall–Kier alpha value is -4.36. The molecule has 0 spiro atoms. The number of primary sulfonamides is 1. The highest BCUT2D eigenvalue weighted by Gasteiger charge is 2.17. The molecule has 12 nitrogen and oxygen atoms in total. The number of hydrogen-bond acceptors (Lipinski definition) is 7. The van der Waals surface area contributed by atoms with Crippen molar-refractivity contribution in [3.05, 3.63) is 82.9 Å². The highest BCUT2D eigenvalue weighted by molar-refractivity contribution is 7.89. The predicted molar refractivity (Wildman–Crippen MR) is 140 cm³/mol. The summed E-state index contributed by atoms with van der Waals surface area (Å²) in [5, 5.41) is 23.1. The molecular formula is C25H28N8O4S. The Bertz CT molecular complexity index is 1590. The number of anilines is 1. The van der Waals surface area contributed by atoms with Crippen LogP contribution in [0.25, 0.3) is 5.69 Å². The van der Waals surface area contributed by atoms with Gasteiger partial charge in [-0.25, -0.2) is 18.2 Å². The maximum absolute atomic E-state index is 12.8. The fraction of sp³-hybridized carbons (Fsp3) is 0.240. The van der Waals surface area contributed by atoms with E-state index in [0.29, 0.717) is 29.1 Å². The van der Waals surface area contributed by atoms with Gasteiger partial charge in [-0.05, 0) is 62.2 Å². The summed E-state index contributed by atoms with van der Waals surface area (Å²) in [5.74, 6) is -0.587. The number of amides is 2. The van der Waals surface area contributed by atoms with E-state index in [1.54, 1.807) is 59.0 Å². The van der Waals surface area contributed by atoms with Crippen molar-refractivity contribution in [1.82, 2.24) is 30.1 Å². The van der Waals surface area contributed by atoms with Crippen LogP contribution in [0.3, 0.4) is 0 Å². The van der Waals surface area contributed by atoms with Gasteiger partial charge in [0.1, 0.15) is 5.69 Å². The quantitative estimate of drug-likeness (QED) is 0.293. The van der Waals surface area contributed by atoms with Crippen LogP contribution in [-0.4, -0.2) is 45.0 Å². The van der Waals surface area contributed by atoms with Gasteiger partial charge in [-0.1, -0.05) is 17.3 Å². The molecule has 2 aromatic carbocycles. The van der Waals surface area contributed by atoms with Gasteiger partial charge in [0, 0.05) is 25.4 Å². The number of sulfonamides is 1. The van der Waals surface area contributed by atoms with E-state index in [4.69, 9.17) is 5.14 Å². The van der Waals surface area contributed by atoms with Crippen molar-refractivity contribution in [3.63, 3.8) is 0 Å². The number of rotatable bonds is 9. The number of carbonyl (C=O) groups is 2. The lowest BCUT2D eigenvalue weighted by molar-refractivity contribution is -0.116. The molecule has 2 heterocycles. The molecule has 0 unspecified atom stereocenters. The summed E-state index contributed by atoms with van der Waals surface area (Å²) in [6.07, 6.45) is 2.31. The normalized spacial score (nSPS) is 11.4. The minimum Gasteiger partial charge on any atom is -0.346 e. The maximum atomic E-state index is 12.8. The van der Waals surface area contributed by atoms with Crippen LogP contribution in [0.1, 0.15) is 39.4 Å². The first-order valence-electron chi connectivity index (χ1n) is 11.7. The number of aryl methyl sites for hydroxylation is 2. The number of aromatic nitrogens is 5. The number of carbonyl (C=O) groups excluding carboxylic acids is 2. The Labute approximate surface area is 219 Å². The van der Waals surface area contributed by atoms with Gasteiger partial charge < -0.3 is 10.6 Å². The topological polar surface area (TPSA) is 167 Å². The first-order chi connectivity index (χ1) is 18.0. The molecule has 0 aliphatic heterocycles. The van der Waals surface area contributed by atoms with E-state index in [1.807, 2.05) is 13.8 Å². The van der Waals surface area contributed by atoms with Crippen molar-refractivity contribution in [2.45, 2.75) is 38.1 Å². The minimum atomic E-state index is -3.79. The Kier molecular flexibility index (Phi) is 7.69. The van der Waals surface area contributed by atoms with E-state index >= 15 is 0 Å². The van der Waals surface area contributed by atoms with E-state index in [9.17, 15) is 18.0 Å². The van der Waals surface area contributed by atoms with Gasteiger partial charge in [-0.2, -0.15) is 5.10 Å². The van der Waals surface area contributed by atoms with Gasteiger partial charge in [0.05, 0.1) is 34.1 Å². The molecule has 13 heteroatoms. The van der Waals surface area contributed by atoms with Crippen LogP contribution in [0.15, 0.2) is 59.6 Å². The second kappa shape index (κ2) is 10.9. The molecule has 4 N–H and O–H groups in total. The number of para-hydroxylation sites is 1. The molecule has 0 aliphatic rings. The molecule has 0 bridgehead atoms. The molecule has 2 amide bonds. The van der Waals surface area contributed by atoms with Crippen LogP contribution in [0, 0.1) is 13.8 Å². The summed E-state index contributed by atoms with van der Waals surface area (Å²) < 4.78 is 26.3. The number of nitrogens with one attached hydrogen (secondary N) is 2. The zero-order valence-electron chi connectivity index (χ0n) is 21.2. The summed E-state index contributed by atoms with van der Waals surface area (Å²) in [4.78, 5) is 25.6. The van der Waals surface area contributed by atoms with Gasteiger partial charge in [0.25, 0.3) is 5.91 Å². The average Bonchev–Trinajstić information content (AvgIpc) is 3.42. The van der Waals surface area contributed by atoms with Crippen molar-refractivity contribution in [3.8, 4) is 5.69 Å². The van der Waals surface area contributed by atoms with E-state index in [2.05, 4.69) is 26.0 Å². The Morgan fingerprint density at radius 1 is 1.05 bits per heavy atom. The second-order valence-electron chi connectivity index (χ2n) is 8.76.